The van der Waals surface area contributed by atoms with Gasteiger partial charge in [-0.25, -0.2) is 23.1 Å². The minimum atomic E-state index is -0.929. The molecule has 1 aliphatic heterocycles. The fourth-order valence-electron chi connectivity index (χ4n) is 3.15. The number of rotatable bonds is 6. The first-order valence-corrected chi connectivity index (χ1v) is 11.3. The number of nitrogens with zero attached hydrogens (tertiary/aromatic N) is 4. The van der Waals surface area contributed by atoms with Crippen molar-refractivity contribution in [1.29, 1.82) is 0 Å². The smallest absolute Gasteiger partial charge is 0.212 e. The first kappa shape index (κ1) is 21.9. The first-order valence-electron chi connectivity index (χ1n) is 9.32. The summed E-state index contributed by atoms with van der Waals surface area (Å²) in [4.78, 5) is 25.0. The number of nitrogen functional groups attached to an aromatic ring is 1. The molecule has 1 fully saturated rings. The van der Waals surface area contributed by atoms with E-state index in [1.807, 2.05) is 0 Å². The molecule has 0 radical (unpaired) electrons. The number of halogens is 3. The predicted octanol–water partition coefficient (Wildman–Crippen LogP) is 4.26. The Morgan fingerprint density at radius 2 is 1.94 bits per heavy atom. The van der Waals surface area contributed by atoms with Crippen LogP contribution < -0.4 is 11.1 Å². The molecule has 1 aliphatic rings. The first-order chi connectivity index (χ1) is 14.9. The lowest BCUT2D eigenvalue weighted by Gasteiger charge is -2.30. The van der Waals surface area contributed by atoms with Crippen molar-refractivity contribution in [3.8, 4) is 0 Å². The van der Waals surface area contributed by atoms with E-state index in [4.69, 9.17) is 17.3 Å². The van der Waals surface area contributed by atoms with Gasteiger partial charge >= 0.3 is 0 Å². The standard InChI is InChI=1S/C19H17ClF2N6OS2/c20-13-8-24-9-14(26-13)31-28-6-4-10(5-7-28)25-19-27-18(23)17(30-19)16(29)15-11(21)2-1-3-12(15)22/h1-3,8-10H,4-7,23H2,(H,25,27). The molecule has 1 aromatic carbocycles. The normalized spacial score (nSPS) is 15.2. The number of hydrogen-bond donors (Lipinski definition) is 2. The summed E-state index contributed by atoms with van der Waals surface area (Å²) in [5.74, 6) is -2.72. The number of nitrogens with one attached hydrogen (secondary N) is 1. The van der Waals surface area contributed by atoms with Crippen LogP contribution in [-0.2, 0) is 0 Å². The van der Waals surface area contributed by atoms with Gasteiger partial charge in [-0.1, -0.05) is 29.0 Å². The van der Waals surface area contributed by atoms with Gasteiger partial charge in [0.05, 0.1) is 18.0 Å². The number of nitrogens with two attached hydrogens (primary N) is 1. The zero-order valence-electron chi connectivity index (χ0n) is 16.0. The summed E-state index contributed by atoms with van der Waals surface area (Å²) in [6.45, 7) is 1.59. The van der Waals surface area contributed by atoms with Crippen LogP contribution in [0, 0.1) is 11.6 Å². The number of carbonyl (C=O) groups is 1. The van der Waals surface area contributed by atoms with Crippen LogP contribution in [0.5, 0.6) is 0 Å². The van der Waals surface area contributed by atoms with Gasteiger partial charge in [-0.2, -0.15) is 0 Å². The van der Waals surface area contributed by atoms with E-state index in [0.29, 0.717) is 10.3 Å². The van der Waals surface area contributed by atoms with E-state index in [2.05, 4.69) is 24.6 Å². The third-order valence-corrected chi connectivity index (χ3v) is 6.83. The van der Waals surface area contributed by atoms with Crippen molar-refractivity contribution in [2.45, 2.75) is 23.9 Å². The van der Waals surface area contributed by atoms with Crippen LogP contribution >= 0.6 is 34.9 Å². The molecule has 0 amide bonds. The van der Waals surface area contributed by atoms with Crippen LogP contribution in [0.2, 0.25) is 5.15 Å². The maximum Gasteiger partial charge on any atom is 0.212 e. The lowest BCUT2D eigenvalue weighted by atomic mass is 10.1. The van der Waals surface area contributed by atoms with Crippen LogP contribution in [0.1, 0.15) is 28.1 Å². The largest absolute Gasteiger partial charge is 0.382 e. The number of carbonyl (C=O) groups excluding carboxylic acids is 1. The van der Waals surface area contributed by atoms with Gasteiger partial charge in [-0.05, 0) is 36.9 Å². The van der Waals surface area contributed by atoms with Crippen molar-refractivity contribution in [2.24, 2.45) is 0 Å². The van der Waals surface area contributed by atoms with Crippen molar-refractivity contribution in [1.82, 2.24) is 19.3 Å². The summed E-state index contributed by atoms with van der Waals surface area (Å²) in [7, 11) is 0. The average molecular weight is 483 g/mol. The SMILES string of the molecule is Nc1nc(NC2CCN(Sc3cncc(Cl)n3)CC2)sc1C(=O)c1c(F)cccc1F. The topological polar surface area (TPSA) is 97.0 Å². The molecule has 1 saturated heterocycles. The number of piperidine rings is 1. The van der Waals surface area contributed by atoms with E-state index >= 15 is 0 Å². The molecule has 2 aromatic heterocycles. The summed E-state index contributed by atoms with van der Waals surface area (Å²) in [5, 5.41) is 4.80. The second-order valence-corrected chi connectivity index (χ2v) is 9.28. The van der Waals surface area contributed by atoms with Crippen LogP contribution in [0.4, 0.5) is 19.7 Å². The molecular formula is C19H17ClF2N6OS2. The molecule has 162 valence electrons. The molecule has 4 rings (SSSR count). The lowest BCUT2D eigenvalue weighted by molar-refractivity contribution is 0.103. The average Bonchev–Trinajstić information content (AvgIpc) is 3.09. The fraction of sp³-hybridized carbons (Fsp3) is 0.263. The Balaban J connectivity index is 1.37. The molecule has 0 unspecified atom stereocenters. The fourth-order valence-corrected chi connectivity index (χ4v) is 5.16. The molecule has 7 nitrogen and oxygen atoms in total. The highest BCUT2D eigenvalue weighted by molar-refractivity contribution is 7.97. The second kappa shape index (κ2) is 9.43. The van der Waals surface area contributed by atoms with Crippen molar-refractivity contribution in [2.75, 3.05) is 24.1 Å². The summed E-state index contributed by atoms with van der Waals surface area (Å²) < 4.78 is 30.1. The van der Waals surface area contributed by atoms with E-state index in [0.717, 1.165) is 54.4 Å². The Labute approximate surface area is 190 Å². The third-order valence-electron chi connectivity index (χ3n) is 4.64. The molecule has 0 atom stereocenters. The minimum Gasteiger partial charge on any atom is -0.382 e. The molecular weight excluding hydrogens is 466 g/mol. The molecule has 0 spiro atoms. The van der Waals surface area contributed by atoms with Gasteiger partial charge in [-0.15, -0.1) is 0 Å². The van der Waals surface area contributed by atoms with E-state index in [9.17, 15) is 13.6 Å². The molecule has 3 heterocycles. The predicted molar refractivity (Wildman–Crippen MR) is 117 cm³/mol. The highest BCUT2D eigenvalue weighted by atomic mass is 35.5. The zero-order valence-corrected chi connectivity index (χ0v) is 18.4. The van der Waals surface area contributed by atoms with E-state index < -0.39 is 23.0 Å². The van der Waals surface area contributed by atoms with Gasteiger partial charge in [0, 0.05) is 19.1 Å². The number of anilines is 2. The number of ketones is 1. The van der Waals surface area contributed by atoms with E-state index in [1.54, 1.807) is 6.20 Å². The van der Waals surface area contributed by atoms with Gasteiger partial charge in [0.2, 0.25) is 5.78 Å². The third kappa shape index (κ3) is 5.12. The van der Waals surface area contributed by atoms with Crippen molar-refractivity contribution < 1.29 is 13.6 Å². The van der Waals surface area contributed by atoms with E-state index in [1.165, 1.54) is 24.2 Å². The summed E-state index contributed by atoms with van der Waals surface area (Å²) >= 11 is 8.37. The Kier molecular flexibility index (Phi) is 6.65. The van der Waals surface area contributed by atoms with Crippen molar-refractivity contribution >= 4 is 51.6 Å². The maximum atomic E-state index is 14.0. The molecule has 31 heavy (non-hydrogen) atoms. The Morgan fingerprint density at radius 1 is 1.23 bits per heavy atom. The molecule has 0 aliphatic carbocycles. The Morgan fingerprint density at radius 3 is 2.61 bits per heavy atom. The number of aromatic nitrogens is 3. The van der Waals surface area contributed by atoms with Crippen LogP contribution in [0.15, 0.2) is 35.6 Å². The van der Waals surface area contributed by atoms with Gasteiger partial charge in [0.15, 0.2) is 5.13 Å². The number of hydrogen-bond acceptors (Lipinski definition) is 9. The Hall–Kier alpha value is -2.34. The molecule has 3 N–H and O–H groups in total. The zero-order chi connectivity index (χ0) is 22.0. The summed E-state index contributed by atoms with van der Waals surface area (Å²) in [5.41, 5.74) is 5.24. The van der Waals surface area contributed by atoms with Crippen LogP contribution in [0.25, 0.3) is 0 Å². The number of thiazole rings is 1. The second-order valence-electron chi connectivity index (χ2n) is 6.78. The Bertz CT molecular complexity index is 1090. The molecule has 0 bridgehead atoms. The summed E-state index contributed by atoms with van der Waals surface area (Å²) in [6.07, 6.45) is 4.80. The highest BCUT2D eigenvalue weighted by Crippen LogP contribution is 2.31. The number of benzene rings is 1. The van der Waals surface area contributed by atoms with Gasteiger partial charge in [0.25, 0.3) is 0 Å². The molecule has 0 saturated carbocycles. The monoisotopic (exact) mass is 482 g/mol. The molecule has 3 aromatic rings. The van der Waals surface area contributed by atoms with E-state index in [-0.39, 0.29) is 16.7 Å². The van der Waals surface area contributed by atoms with Gasteiger partial charge in [0.1, 0.15) is 32.5 Å². The van der Waals surface area contributed by atoms with Gasteiger partial charge < -0.3 is 11.1 Å². The van der Waals surface area contributed by atoms with Crippen molar-refractivity contribution in [3.63, 3.8) is 0 Å². The summed E-state index contributed by atoms with van der Waals surface area (Å²) in [6, 6.07) is 3.40. The maximum absolute atomic E-state index is 14.0. The van der Waals surface area contributed by atoms with Crippen molar-refractivity contribution in [3.05, 3.63) is 57.8 Å². The molecule has 12 heteroatoms. The highest BCUT2D eigenvalue weighted by Gasteiger charge is 2.26. The van der Waals surface area contributed by atoms with Gasteiger partial charge in [-0.3, -0.25) is 9.78 Å². The van der Waals surface area contributed by atoms with Crippen LogP contribution in [-0.4, -0.2) is 44.2 Å². The quantitative estimate of drug-likeness (QED) is 0.397. The lowest BCUT2D eigenvalue weighted by Crippen LogP contribution is -2.35. The minimum absolute atomic E-state index is 0.0130. The van der Waals surface area contributed by atoms with Crippen LogP contribution in [0.3, 0.4) is 0 Å².